The van der Waals surface area contributed by atoms with E-state index in [1.165, 1.54) is 11.4 Å². The van der Waals surface area contributed by atoms with Gasteiger partial charge in [-0.2, -0.15) is 5.10 Å². The lowest BCUT2D eigenvalue weighted by Gasteiger charge is -2.05. The lowest BCUT2D eigenvalue weighted by atomic mass is 10.3. The fourth-order valence-electron chi connectivity index (χ4n) is 1.75. The average molecular weight is 203 g/mol. The summed E-state index contributed by atoms with van der Waals surface area (Å²) in [6, 6.07) is 6.30. The Morgan fingerprint density at radius 2 is 1.93 bits per heavy atom. The molecule has 80 valence electrons. The molecule has 0 saturated carbocycles. The average Bonchev–Trinajstić information content (AvgIpc) is 2.87. The first kappa shape index (κ1) is 10.0. The summed E-state index contributed by atoms with van der Waals surface area (Å²) in [6.07, 6.45) is 5.17. The van der Waals surface area contributed by atoms with Crippen molar-refractivity contribution in [2.75, 3.05) is 0 Å². The van der Waals surface area contributed by atoms with Gasteiger partial charge < -0.3 is 4.57 Å². The van der Waals surface area contributed by atoms with E-state index in [0.717, 1.165) is 19.5 Å². The van der Waals surface area contributed by atoms with E-state index in [1.807, 2.05) is 12.1 Å². The molecule has 15 heavy (non-hydrogen) atoms. The van der Waals surface area contributed by atoms with Gasteiger partial charge in [-0.3, -0.25) is 4.68 Å². The SMILES string of the molecule is CCc1cc(Cn2cccc2)n(CC)n1. The smallest absolute Gasteiger partial charge is 0.0639 e. The Balaban J connectivity index is 2.23. The molecule has 0 fully saturated rings. The van der Waals surface area contributed by atoms with Gasteiger partial charge in [-0.1, -0.05) is 6.92 Å². The molecule has 0 radical (unpaired) electrons. The van der Waals surface area contributed by atoms with Crippen molar-refractivity contribution >= 4 is 0 Å². The molecule has 3 nitrogen and oxygen atoms in total. The summed E-state index contributed by atoms with van der Waals surface area (Å²) >= 11 is 0. The Hall–Kier alpha value is -1.51. The molecule has 2 rings (SSSR count). The van der Waals surface area contributed by atoms with Gasteiger partial charge in [-0.25, -0.2) is 0 Å². The molecule has 0 amide bonds. The highest BCUT2D eigenvalue weighted by atomic mass is 15.3. The number of hydrogen-bond donors (Lipinski definition) is 0. The van der Waals surface area contributed by atoms with Crippen LogP contribution in [0.4, 0.5) is 0 Å². The Kier molecular flexibility index (Phi) is 2.90. The highest BCUT2D eigenvalue weighted by Crippen LogP contribution is 2.07. The van der Waals surface area contributed by atoms with E-state index < -0.39 is 0 Å². The molecule has 0 aromatic carbocycles. The van der Waals surface area contributed by atoms with Gasteiger partial charge in [0.05, 0.1) is 17.9 Å². The highest BCUT2D eigenvalue weighted by molar-refractivity contribution is 5.11. The second-order valence-electron chi connectivity index (χ2n) is 3.65. The zero-order valence-electron chi connectivity index (χ0n) is 9.35. The predicted molar refractivity (Wildman–Crippen MR) is 60.8 cm³/mol. The van der Waals surface area contributed by atoms with Crippen molar-refractivity contribution in [3.63, 3.8) is 0 Å². The first-order valence-electron chi connectivity index (χ1n) is 5.49. The topological polar surface area (TPSA) is 22.8 Å². The Morgan fingerprint density at radius 3 is 2.53 bits per heavy atom. The normalized spacial score (nSPS) is 10.8. The standard InChI is InChI=1S/C12H17N3/c1-3-11-9-12(15(4-2)13-11)10-14-7-5-6-8-14/h5-9H,3-4,10H2,1-2H3. The zero-order chi connectivity index (χ0) is 10.7. The van der Waals surface area contributed by atoms with Gasteiger partial charge in [-0.15, -0.1) is 0 Å². The molecule has 2 aromatic heterocycles. The summed E-state index contributed by atoms with van der Waals surface area (Å²) in [4.78, 5) is 0. The van der Waals surface area contributed by atoms with Gasteiger partial charge in [0.2, 0.25) is 0 Å². The molecule has 0 N–H and O–H groups in total. The van der Waals surface area contributed by atoms with Crippen molar-refractivity contribution in [1.82, 2.24) is 14.3 Å². The maximum absolute atomic E-state index is 4.53. The highest BCUT2D eigenvalue weighted by Gasteiger charge is 2.05. The molecule has 3 heteroatoms. The van der Waals surface area contributed by atoms with E-state index >= 15 is 0 Å². The lowest BCUT2D eigenvalue weighted by Crippen LogP contribution is -2.06. The molecule has 2 heterocycles. The van der Waals surface area contributed by atoms with E-state index in [-0.39, 0.29) is 0 Å². The molecule has 0 bridgehead atoms. The second kappa shape index (κ2) is 4.34. The van der Waals surface area contributed by atoms with Gasteiger partial charge in [-0.05, 0) is 31.5 Å². The Bertz CT molecular complexity index is 412. The van der Waals surface area contributed by atoms with Crippen LogP contribution in [0.1, 0.15) is 25.2 Å². The monoisotopic (exact) mass is 203 g/mol. The third-order valence-corrected chi connectivity index (χ3v) is 2.59. The van der Waals surface area contributed by atoms with E-state index in [4.69, 9.17) is 0 Å². The van der Waals surface area contributed by atoms with E-state index in [2.05, 4.69) is 46.7 Å². The van der Waals surface area contributed by atoms with Gasteiger partial charge in [0.15, 0.2) is 0 Å². The predicted octanol–water partition coefficient (Wildman–Crippen LogP) is 2.32. The fraction of sp³-hybridized carbons (Fsp3) is 0.417. The summed E-state index contributed by atoms with van der Waals surface area (Å²) in [5.41, 5.74) is 2.46. The second-order valence-corrected chi connectivity index (χ2v) is 3.65. The summed E-state index contributed by atoms with van der Waals surface area (Å²) in [5, 5.41) is 4.53. The van der Waals surface area contributed by atoms with Crippen LogP contribution in [-0.4, -0.2) is 14.3 Å². The third kappa shape index (κ3) is 2.12. The van der Waals surface area contributed by atoms with E-state index in [9.17, 15) is 0 Å². The van der Waals surface area contributed by atoms with Crippen molar-refractivity contribution in [2.24, 2.45) is 0 Å². The maximum Gasteiger partial charge on any atom is 0.0639 e. The van der Waals surface area contributed by atoms with Crippen LogP contribution in [0.2, 0.25) is 0 Å². The quantitative estimate of drug-likeness (QED) is 0.747. The van der Waals surface area contributed by atoms with Crippen LogP contribution in [0.25, 0.3) is 0 Å². The number of aryl methyl sites for hydroxylation is 2. The van der Waals surface area contributed by atoms with E-state index in [0.29, 0.717) is 0 Å². The maximum atomic E-state index is 4.53. The van der Waals surface area contributed by atoms with Crippen LogP contribution in [0.15, 0.2) is 30.6 Å². The number of rotatable bonds is 4. The van der Waals surface area contributed by atoms with Crippen LogP contribution in [0, 0.1) is 0 Å². The lowest BCUT2D eigenvalue weighted by molar-refractivity contribution is 0.595. The zero-order valence-corrected chi connectivity index (χ0v) is 9.35. The van der Waals surface area contributed by atoms with Crippen LogP contribution >= 0.6 is 0 Å². The van der Waals surface area contributed by atoms with Crippen molar-refractivity contribution < 1.29 is 0 Å². The van der Waals surface area contributed by atoms with Crippen molar-refractivity contribution in [3.8, 4) is 0 Å². The molecule has 0 atom stereocenters. The molecule has 0 saturated heterocycles. The first-order chi connectivity index (χ1) is 7.33. The summed E-state index contributed by atoms with van der Waals surface area (Å²) < 4.78 is 4.25. The number of nitrogens with zero attached hydrogens (tertiary/aromatic N) is 3. The molecular weight excluding hydrogens is 186 g/mol. The van der Waals surface area contributed by atoms with Crippen LogP contribution in [0.3, 0.4) is 0 Å². The minimum Gasteiger partial charge on any atom is -0.348 e. The fourth-order valence-corrected chi connectivity index (χ4v) is 1.75. The Labute approximate surface area is 90.3 Å². The number of aromatic nitrogens is 3. The minimum atomic E-state index is 0.911. The molecular formula is C12H17N3. The summed E-state index contributed by atoms with van der Waals surface area (Å²) in [6.45, 7) is 6.12. The van der Waals surface area contributed by atoms with Gasteiger partial charge in [0, 0.05) is 18.9 Å². The molecule has 2 aromatic rings. The van der Waals surface area contributed by atoms with Crippen molar-refractivity contribution in [1.29, 1.82) is 0 Å². The molecule has 0 spiro atoms. The minimum absolute atomic E-state index is 0.911. The van der Waals surface area contributed by atoms with Gasteiger partial charge in [0.25, 0.3) is 0 Å². The largest absolute Gasteiger partial charge is 0.348 e. The third-order valence-electron chi connectivity index (χ3n) is 2.59. The summed E-state index contributed by atoms with van der Waals surface area (Å²) in [7, 11) is 0. The van der Waals surface area contributed by atoms with Crippen molar-refractivity contribution in [2.45, 2.75) is 33.4 Å². The number of hydrogen-bond acceptors (Lipinski definition) is 1. The summed E-state index contributed by atoms with van der Waals surface area (Å²) in [5.74, 6) is 0. The van der Waals surface area contributed by atoms with Crippen LogP contribution in [-0.2, 0) is 19.5 Å². The molecule has 0 aliphatic carbocycles. The van der Waals surface area contributed by atoms with Gasteiger partial charge in [0.1, 0.15) is 0 Å². The molecule has 0 unspecified atom stereocenters. The van der Waals surface area contributed by atoms with Gasteiger partial charge >= 0.3 is 0 Å². The Morgan fingerprint density at radius 1 is 1.20 bits per heavy atom. The van der Waals surface area contributed by atoms with Crippen LogP contribution < -0.4 is 0 Å². The van der Waals surface area contributed by atoms with Crippen molar-refractivity contribution in [3.05, 3.63) is 42.0 Å². The molecule has 0 aliphatic heterocycles. The van der Waals surface area contributed by atoms with Crippen LogP contribution in [0.5, 0.6) is 0 Å². The molecule has 0 aliphatic rings. The first-order valence-corrected chi connectivity index (χ1v) is 5.49. The van der Waals surface area contributed by atoms with E-state index in [1.54, 1.807) is 0 Å².